The van der Waals surface area contributed by atoms with E-state index in [0.717, 1.165) is 69.8 Å². The van der Waals surface area contributed by atoms with Crippen molar-refractivity contribution in [1.29, 1.82) is 0 Å². The summed E-state index contributed by atoms with van der Waals surface area (Å²) in [4.78, 5) is 29.0. The third kappa shape index (κ3) is 4.42. The van der Waals surface area contributed by atoms with E-state index in [2.05, 4.69) is 24.7 Å². The van der Waals surface area contributed by atoms with Gasteiger partial charge in [-0.15, -0.1) is 0 Å². The molecule has 6 nitrogen and oxygen atoms in total. The van der Waals surface area contributed by atoms with E-state index in [4.69, 9.17) is 0 Å². The van der Waals surface area contributed by atoms with Crippen LogP contribution in [0.4, 0.5) is 5.95 Å². The second-order valence-electron chi connectivity index (χ2n) is 8.44. The normalized spacial score (nSPS) is 25.6. The molecule has 1 saturated carbocycles. The Kier molecular flexibility index (Phi) is 5.91. The number of carbonyl (C=O) groups is 1. The van der Waals surface area contributed by atoms with Gasteiger partial charge in [-0.25, -0.2) is 9.97 Å². The van der Waals surface area contributed by atoms with Gasteiger partial charge in [0, 0.05) is 57.2 Å². The molecule has 4 rings (SSSR count). The third-order valence-electron chi connectivity index (χ3n) is 6.55. The highest BCUT2D eigenvalue weighted by atomic mass is 16.2. The monoisotopic (exact) mass is 371 g/mol. The maximum Gasteiger partial charge on any atom is 0.227 e. The largest absolute Gasteiger partial charge is 0.340 e. The van der Waals surface area contributed by atoms with Crippen molar-refractivity contribution in [1.82, 2.24) is 19.8 Å². The highest BCUT2D eigenvalue weighted by molar-refractivity contribution is 5.79. The number of hydrogen-bond acceptors (Lipinski definition) is 5. The summed E-state index contributed by atoms with van der Waals surface area (Å²) in [7, 11) is 0. The molecule has 2 aliphatic heterocycles. The lowest BCUT2D eigenvalue weighted by atomic mass is 9.93. The molecule has 1 aliphatic carbocycles. The molecule has 1 aromatic heterocycles. The van der Waals surface area contributed by atoms with Crippen molar-refractivity contribution in [3.05, 3.63) is 18.0 Å². The Balaban J connectivity index is 1.31. The summed E-state index contributed by atoms with van der Waals surface area (Å²) in [5.74, 6) is 1.20. The first-order valence-corrected chi connectivity index (χ1v) is 10.8. The summed E-state index contributed by atoms with van der Waals surface area (Å²) >= 11 is 0. The van der Waals surface area contributed by atoms with Crippen molar-refractivity contribution in [2.24, 2.45) is 5.92 Å². The van der Waals surface area contributed by atoms with Crippen LogP contribution in [0.2, 0.25) is 0 Å². The Morgan fingerprint density at radius 1 is 1.00 bits per heavy atom. The standard InChI is InChI=1S/C21H33N5O/c1-17-9-10-22-21(23-17)26-11-5-6-18(16-26)20(27)25-14-12-24(13-15-25)19-7-3-2-4-8-19/h9-10,18-19H,2-8,11-16H2,1H3. The van der Waals surface area contributed by atoms with Crippen molar-refractivity contribution in [3.8, 4) is 0 Å². The molecule has 27 heavy (non-hydrogen) atoms. The lowest BCUT2D eigenvalue weighted by Gasteiger charge is -2.42. The van der Waals surface area contributed by atoms with Crippen LogP contribution >= 0.6 is 0 Å². The number of anilines is 1. The molecule has 1 aromatic rings. The number of carbonyl (C=O) groups excluding carboxylic acids is 1. The molecule has 0 N–H and O–H groups in total. The average molecular weight is 372 g/mol. The predicted molar refractivity (Wildman–Crippen MR) is 107 cm³/mol. The Labute approximate surface area is 162 Å². The third-order valence-corrected chi connectivity index (χ3v) is 6.55. The Bertz CT molecular complexity index is 637. The molecule has 0 radical (unpaired) electrons. The Hall–Kier alpha value is -1.69. The number of hydrogen-bond donors (Lipinski definition) is 0. The molecule has 3 heterocycles. The van der Waals surface area contributed by atoms with Crippen molar-refractivity contribution in [2.75, 3.05) is 44.2 Å². The van der Waals surface area contributed by atoms with Gasteiger partial charge in [0.05, 0.1) is 5.92 Å². The zero-order chi connectivity index (χ0) is 18.6. The first-order chi connectivity index (χ1) is 13.2. The van der Waals surface area contributed by atoms with Gasteiger partial charge in [0.15, 0.2) is 0 Å². The fourth-order valence-electron chi connectivity index (χ4n) is 4.96. The van der Waals surface area contributed by atoms with Crippen LogP contribution in [-0.4, -0.2) is 71.0 Å². The molecule has 3 aliphatic rings. The van der Waals surface area contributed by atoms with Crippen LogP contribution in [0.1, 0.15) is 50.6 Å². The summed E-state index contributed by atoms with van der Waals surface area (Å²) in [6.45, 7) is 7.58. The molecule has 6 heteroatoms. The van der Waals surface area contributed by atoms with Crippen LogP contribution in [0.5, 0.6) is 0 Å². The molecule has 3 fully saturated rings. The van der Waals surface area contributed by atoms with Gasteiger partial charge in [-0.1, -0.05) is 19.3 Å². The quantitative estimate of drug-likeness (QED) is 0.817. The number of amides is 1. The molecule has 1 amide bonds. The first-order valence-electron chi connectivity index (χ1n) is 10.8. The summed E-state index contributed by atoms with van der Waals surface area (Å²) in [5, 5.41) is 0. The van der Waals surface area contributed by atoms with Crippen molar-refractivity contribution in [3.63, 3.8) is 0 Å². The molecule has 0 aromatic carbocycles. The van der Waals surface area contributed by atoms with Gasteiger partial charge in [0.25, 0.3) is 0 Å². The van der Waals surface area contributed by atoms with Crippen LogP contribution in [0.3, 0.4) is 0 Å². The number of aryl methyl sites for hydroxylation is 1. The van der Waals surface area contributed by atoms with E-state index in [1.165, 1.54) is 32.1 Å². The summed E-state index contributed by atoms with van der Waals surface area (Å²) < 4.78 is 0. The number of rotatable bonds is 3. The fraction of sp³-hybridized carbons (Fsp3) is 0.762. The molecule has 2 saturated heterocycles. The molecule has 0 spiro atoms. The van der Waals surface area contributed by atoms with Crippen LogP contribution in [0.15, 0.2) is 12.3 Å². The fourth-order valence-corrected chi connectivity index (χ4v) is 4.96. The average Bonchev–Trinajstić information content (AvgIpc) is 2.74. The lowest BCUT2D eigenvalue weighted by Crippen LogP contribution is -2.55. The minimum absolute atomic E-state index is 0.0871. The van der Waals surface area contributed by atoms with Gasteiger partial charge in [-0.3, -0.25) is 9.69 Å². The van der Waals surface area contributed by atoms with E-state index in [1.807, 2.05) is 19.2 Å². The summed E-state index contributed by atoms with van der Waals surface area (Å²) in [5.41, 5.74) is 0.979. The van der Waals surface area contributed by atoms with Gasteiger partial charge in [0.1, 0.15) is 0 Å². The minimum Gasteiger partial charge on any atom is -0.340 e. The van der Waals surface area contributed by atoms with Crippen LogP contribution in [-0.2, 0) is 4.79 Å². The maximum atomic E-state index is 13.1. The van der Waals surface area contributed by atoms with E-state index in [0.29, 0.717) is 5.91 Å². The number of nitrogens with zero attached hydrogens (tertiary/aromatic N) is 5. The molecule has 1 atom stereocenters. The number of aromatic nitrogens is 2. The second-order valence-corrected chi connectivity index (χ2v) is 8.44. The summed E-state index contributed by atoms with van der Waals surface area (Å²) in [6, 6.07) is 2.68. The van der Waals surface area contributed by atoms with Crippen LogP contribution < -0.4 is 4.90 Å². The molecular weight excluding hydrogens is 338 g/mol. The first kappa shape index (κ1) is 18.7. The van der Waals surface area contributed by atoms with E-state index in [-0.39, 0.29) is 5.92 Å². The Morgan fingerprint density at radius 3 is 2.52 bits per heavy atom. The minimum atomic E-state index is 0.0871. The zero-order valence-corrected chi connectivity index (χ0v) is 16.6. The van der Waals surface area contributed by atoms with Crippen molar-refractivity contribution < 1.29 is 4.79 Å². The van der Waals surface area contributed by atoms with E-state index < -0.39 is 0 Å². The number of piperazine rings is 1. The van der Waals surface area contributed by atoms with E-state index in [9.17, 15) is 4.79 Å². The molecule has 148 valence electrons. The summed E-state index contributed by atoms with van der Waals surface area (Å²) in [6.07, 6.45) is 10.7. The molecule has 0 bridgehead atoms. The van der Waals surface area contributed by atoms with Crippen molar-refractivity contribution in [2.45, 2.75) is 57.9 Å². The number of piperidine rings is 1. The van der Waals surface area contributed by atoms with Gasteiger partial charge >= 0.3 is 0 Å². The SMILES string of the molecule is Cc1ccnc(N2CCCC(C(=O)N3CCN(C4CCCCC4)CC3)C2)n1. The molecular formula is C21H33N5O. The topological polar surface area (TPSA) is 52.6 Å². The zero-order valence-electron chi connectivity index (χ0n) is 16.6. The predicted octanol–water partition coefficient (Wildman–Crippen LogP) is 2.48. The highest BCUT2D eigenvalue weighted by Crippen LogP contribution is 2.25. The maximum absolute atomic E-state index is 13.1. The van der Waals surface area contributed by atoms with E-state index >= 15 is 0 Å². The Morgan fingerprint density at radius 2 is 1.78 bits per heavy atom. The highest BCUT2D eigenvalue weighted by Gasteiger charge is 2.33. The smallest absolute Gasteiger partial charge is 0.227 e. The van der Waals surface area contributed by atoms with Gasteiger partial charge in [-0.2, -0.15) is 0 Å². The second kappa shape index (κ2) is 8.55. The van der Waals surface area contributed by atoms with E-state index in [1.54, 1.807) is 0 Å². The van der Waals surface area contributed by atoms with Gasteiger partial charge < -0.3 is 9.80 Å². The van der Waals surface area contributed by atoms with Crippen LogP contribution in [0, 0.1) is 12.8 Å². The van der Waals surface area contributed by atoms with Gasteiger partial charge in [0.2, 0.25) is 11.9 Å². The van der Waals surface area contributed by atoms with Crippen molar-refractivity contribution >= 4 is 11.9 Å². The lowest BCUT2D eigenvalue weighted by molar-refractivity contribution is -0.138. The molecule has 1 unspecified atom stereocenters. The van der Waals surface area contributed by atoms with Gasteiger partial charge in [-0.05, 0) is 38.7 Å². The van der Waals surface area contributed by atoms with Crippen LogP contribution in [0.25, 0.3) is 0 Å².